The topological polar surface area (TPSA) is 72.2 Å². The van der Waals surface area contributed by atoms with Crippen molar-refractivity contribution < 1.29 is 14.7 Å². The van der Waals surface area contributed by atoms with Crippen LogP contribution in [0.5, 0.6) is 0 Å². The first-order valence-corrected chi connectivity index (χ1v) is 6.04. The average Bonchev–Trinajstić information content (AvgIpc) is 2.59. The molecule has 2 aliphatic carbocycles. The Morgan fingerprint density at radius 3 is 2.89 bits per heavy atom. The van der Waals surface area contributed by atoms with Crippen LogP contribution < -0.4 is 0 Å². The summed E-state index contributed by atoms with van der Waals surface area (Å²) in [5.41, 5.74) is 3.38. The van der Waals surface area contributed by atoms with Crippen molar-refractivity contribution in [3.05, 3.63) is 35.2 Å². The van der Waals surface area contributed by atoms with Gasteiger partial charge in [-0.05, 0) is 30.5 Å². The maximum Gasteiger partial charge on any atom is 0.336 e. The molecule has 1 N–H and O–H groups in total. The third-order valence-corrected chi connectivity index (χ3v) is 3.34. The highest BCUT2D eigenvalue weighted by Gasteiger charge is 2.25. The molecule has 0 saturated carbocycles. The third-order valence-electron chi connectivity index (χ3n) is 3.34. The highest BCUT2D eigenvalue weighted by Crippen LogP contribution is 2.37. The Labute approximate surface area is 109 Å². The van der Waals surface area contributed by atoms with E-state index in [1.165, 1.54) is 11.6 Å². The molecular formula is C14H12N2O3. The minimum absolute atomic E-state index is 0.199. The molecule has 0 radical (unpaired) electrons. The van der Waals surface area contributed by atoms with E-state index in [9.17, 15) is 14.7 Å². The van der Waals surface area contributed by atoms with Gasteiger partial charge in [-0.25, -0.2) is 9.48 Å². The van der Waals surface area contributed by atoms with E-state index in [2.05, 4.69) is 5.10 Å². The second-order valence-electron chi connectivity index (χ2n) is 4.59. The van der Waals surface area contributed by atoms with Crippen molar-refractivity contribution in [2.75, 3.05) is 0 Å². The van der Waals surface area contributed by atoms with E-state index in [-0.39, 0.29) is 5.91 Å². The van der Waals surface area contributed by atoms with Crippen LogP contribution in [0.1, 0.15) is 39.8 Å². The first-order valence-electron chi connectivity index (χ1n) is 6.04. The monoisotopic (exact) mass is 256 g/mol. The molecule has 5 nitrogen and oxygen atoms in total. The highest BCUT2D eigenvalue weighted by atomic mass is 16.4. The second kappa shape index (κ2) is 4.05. The molecule has 96 valence electrons. The molecule has 0 bridgehead atoms. The number of carbonyl (C=O) groups is 2. The molecule has 0 spiro atoms. The predicted molar refractivity (Wildman–Crippen MR) is 69.5 cm³/mol. The van der Waals surface area contributed by atoms with E-state index in [0.717, 1.165) is 23.1 Å². The van der Waals surface area contributed by atoms with Crippen molar-refractivity contribution in [1.82, 2.24) is 9.78 Å². The molecule has 0 unspecified atom stereocenters. The maximum absolute atomic E-state index is 11.4. The largest absolute Gasteiger partial charge is 0.478 e. The Morgan fingerprint density at radius 2 is 2.21 bits per heavy atom. The van der Waals surface area contributed by atoms with Gasteiger partial charge in [0.2, 0.25) is 5.91 Å². The van der Waals surface area contributed by atoms with Crippen LogP contribution in [0.4, 0.5) is 0 Å². The van der Waals surface area contributed by atoms with Crippen molar-refractivity contribution in [2.45, 2.75) is 19.8 Å². The molecule has 0 saturated heterocycles. The Balaban J connectivity index is 2.37. The lowest BCUT2D eigenvalue weighted by molar-refractivity contribution is 0.0696. The number of carboxylic acids is 1. The van der Waals surface area contributed by atoms with Crippen LogP contribution in [-0.4, -0.2) is 26.8 Å². The lowest BCUT2D eigenvalue weighted by atomic mass is 10.0. The molecule has 0 aromatic carbocycles. The van der Waals surface area contributed by atoms with E-state index in [4.69, 9.17) is 0 Å². The average molecular weight is 256 g/mol. The van der Waals surface area contributed by atoms with Crippen molar-refractivity contribution in [2.24, 2.45) is 0 Å². The van der Waals surface area contributed by atoms with Crippen LogP contribution >= 0.6 is 0 Å². The predicted octanol–water partition coefficient (Wildman–Crippen LogP) is 2.31. The molecular weight excluding hydrogens is 244 g/mol. The van der Waals surface area contributed by atoms with Gasteiger partial charge in [-0.2, -0.15) is 5.10 Å². The number of aromatic nitrogens is 2. The fourth-order valence-electron chi connectivity index (χ4n) is 2.51. The van der Waals surface area contributed by atoms with Gasteiger partial charge in [0.05, 0.1) is 11.3 Å². The maximum atomic E-state index is 11.4. The van der Waals surface area contributed by atoms with Crippen molar-refractivity contribution in [1.29, 1.82) is 0 Å². The standard InChI is InChI=1S/C14H12N2O3/c1-8(17)16-7-9-6-11(14(18)19)10-4-2-3-5-12(15-16)13(9)10/h3,5-7H,2,4H2,1H3,(H,18,19). The molecule has 5 heteroatoms. The highest BCUT2D eigenvalue weighted by molar-refractivity contribution is 5.97. The number of hydrogen-bond acceptors (Lipinski definition) is 3. The fourth-order valence-corrected chi connectivity index (χ4v) is 2.51. The van der Waals surface area contributed by atoms with Gasteiger partial charge in [-0.1, -0.05) is 6.08 Å². The zero-order valence-corrected chi connectivity index (χ0v) is 10.4. The van der Waals surface area contributed by atoms with E-state index < -0.39 is 5.97 Å². The van der Waals surface area contributed by atoms with E-state index in [1.807, 2.05) is 12.2 Å². The molecule has 0 atom stereocenters. The zero-order chi connectivity index (χ0) is 13.6. The van der Waals surface area contributed by atoms with Gasteiger partial charge in [-0.3, -0.25) is 4.79 Å². The summed E-state index contributed by atoms with van der Waals surface area (Å²) in [5.74, 6) is -1.14. The van der Waals surface area contributed by atoms with Crippen LogP contribution in [0.2, 0.25) is 0 Å². The molecule has 3 aliphatic rings. The molecule has 0 fully saturated rings. The van der Waals surface area contributed by atoms with E-state index in [0.29, 0.717) is 17.7 Å². The summed E-state index contributed by atoms with van der Waals surface area (Å²) in [4.78, 5) is 22.7. The smallest absolute Gasteiger partial charge is 0.336 e. The molecule has 1 heterocycles. The Bertz CT molecular complexity index is 697. The van der Waals surface area contributed by atoms with Gasteiger partial charge < -0.3 is 5.11 Å². The molecule has 19 heavy (non-hydrogen) atoms. The molecule has 3 rings (SSSR count). The summed E-state index contributed by atoms with van der Waals surface area (Å²) in [6, 6.07) is 1.62. The third kappa shape index (κ3) is 1.74. The van der Waals surface area contributed by atoms with Gasteiger partial charge in [0.25, 0.3) is 0 Å². The number of carboxylic acid groups (broad SMARTS) is 1. The van der Waals surface area contributed by atoms with Crippen LogP contribution in [0.15, 0.2) is 18.3 Å². The number of aromatic carboxylic acids is 1. The number of carbonyl (C=O) groups excluding carboxylic acids is 1. The van der Waals surface area contributed by atoms with Crippen molar-refractivity contribution >= 4 is 18.0 Å². The van der Waals surface area contributed by atoms with E-state index in [1.54, 1.807) is 12.3 Å². The number of rotatable bonds is 1. The molecule has 0 aromatic heterocycles. The molecule has 0 amide bonds. The van der Waals surface area contributed by atoms with Gasteiger partial charge in [0, 0.05) is 24.2 Å². The first-order chi connectivity index (χ1) is 9.08. The second-order valence-corrected chi connectivity index (χ2v) is 4.59. The van der Waals surface area contributed by atoms with E-state index >= 15 is 0 Å². The van der Waals surface area contributed by atoms with Crippen LogP contribution in [0, 0.1) is 0 Å². The van der Waals surface area contributed by atoms with Crippen LogP contribution in [0.25, 0.3) is 17.2 Å². The summed E-state index contributed by atoms with van der Waals surface area (Å²) in [5, 5.41) is 13.5. The number of nitrogens with zero attached hydrogens (tertiary/aromatic N) is 2. The minimum Gasteiger partial charge on any atom is -0.478 e. The summed E-state index contributed by atoms with van der Waals surface area (Å²) in [6.07, 6.45) is 6.86. The Hall–Kier alpha value is -2.43. The van der Waals surface area contributed by atoms with Gasteiger partial charge in [-0.15, -0.1) is 0 Å². The number of allylic oxidation sites excluding steroid dienone is 1. The van der Waals surface area contributed by atoms with Gasteiger partial charge in [0.15, 0.2) is 0 Å². The lowest BCUT2D eigenvalue weighted by Gasteiger charge is -2.09. The van der Waals surface area contributed by atoms with Gasteiger partial charge >= 0.3 is 5.97 Å². The Morgan fingerprint density at radius 1 is 1.42 bits per heavy atom. The number of hydrogen-bond donors (Lipinski definition) is 1. The quantitative estimate of drug-likeness (QED) is 0.849. The van der Waals surface area contributed by atoms with Gasteiger partial charge in [0.1, 0.15) is 0 Å². The first kappa shape index (κ1) is 11.6. The SMILES string of the molecule is CC(=O)n1cc2cc(C(=O)O)c3c-2c(n1)C=CCC3. The van der Waals surface area contributed by atoms with Crippen molar-refractivity contribution in [3.63, 3.8) is 0 Å². The minimum atomic E-state index is -0.937. The lowest BCUT2D eigenvalue weighted by Crippen LogP contribution is -2.12. The molecule has 1 aliphatic heterocycles. The van der Waals surface area contributed by atoms with Crippen LogP contribution in [-0.2, 0) is 6.42 Å². The normalized spacial score (nSPS) is 13.5. The summed E-state index contributed by atoms with van der Waals surface area (Å²) in [6.45, 7) is 1.42. The summed E-state index contributed by atoms with van der Waals surface area (Å²) in [7, 11) is 0. The Kier molecular flexibility index (Phi) is 2.48. The van der Waals surface area contributed by atoms with Crippen molar-refractivity contribution in [3.8, 4) is 11.1 Å². The zero-order valence-electron chi connectivity index (χ0n) is 10.4. The fraction of sp³-hybridized carbons (Fsp3) is 0.214. The molecule has 0 aromatic rings. The summed E-state index contributed by atoms with van der Waals surface area (Å²) >= 11 is 0. The summed E-state index contributed by atoms with van der Waals surface area (Å²) < 4.78 is 1.25. The van der Waals surface area contributed by atoms with Crippen LogP contribution in [0.3, 0.4) is 0 Å².